The fourth-order valence-corrected chi connectivity index (χ4v) is 3.10. The lowest BCUT2D eigenvalue weighted by molar-refractivity contribution is -0.123. The summed E-state index contributed by atoms with van der Waals surface area (Å²) in [7, 11) is 0. The molecule has 0 aliphatic carbocycles. The molecule has 1 fully saturated rings. The second-order valence-electron chi connectivity index (χ2n) is 6.27. The van der Waals surface area contributed by atoms with E-state index in [2.05, 4.69) is 22.1 Å². The number of furan rings is 1. The molecule has 5 heteroatoms. The van der Waals surface area contributed by atoms with E-state index in [1.54, 1.807) is 18.7 Å². The van der Waals surface area contributed by atoms with Crippen LogP contribution in [-0.4, -0.2) is 28.9 Å². The first-order valence-corrected chi connectivity index (χ1v) is 8.15. The Hall–Kier alpha value is -2.14. The molecule has 5 nitrogen and oxygen atoms in total. The Morgan fingerprint density at radius 1 is 1.43 bits per heavy atom. The van der Waals surface area contributed by atoms with E-state index in [1.165, 1.54) is 0 Å². The number of carbonyl (C=O) groups excluding carboxylic acids is 1. The summed E-state index contributed by atoms with van der Waals surface area (Å²) < 4.78 is 5.58. The van der Waals surface area contributed by atoms with Crippen molar-refractivity contribution in [1.29, 1.82) is 0 Å². The summed E-state index contributed by atoms with van der Waals surface area (Å²) in [5.74, 6) is 1.65. The molecule has 23 heavy (non-hydrogen) atoms. The molecule has 2 aromatic rings. The first-order valence-electron chi connectivity index (χ1n) is 8.15. The molecule has 1 aliphatic rings. The average molecular weight is 313 g/mol. The maximum Gasteiger partial charge on any atom is 0.234 e. The van der Waals surface area contributed by atoms with Crippen LogP contribution in [0.25, 0.3) is 0 Å². The molecule has 1 saturated heterocycles. The second-order valence-corrected chi connectivity index (χ2v) is 6.27. The van der Waals surface area contributed by atoms with Crippen molar-refractivity contribution in [3.63, 3.8) is 0 Å². The topological polar surface area (TPSA) is 58.4 Å². The Kier molecular flexibility index (Phi) is 5.08. The van der Waals surface area contributed by atoms with Crippen LogP contribution >= 0.6 is 0 Å². The molecule has 1 N–H and O–H groups in total. The minimum absolute atomic E-state index is 0.0416. The van der Waals surface area contributed by atoms with Gasteiger partial charge >= 0.3 is 0 Å². The van der Waals surface area contributed by atoms with Crippen LogP contribution in [0.4, 0.5) is 0 Å². The van der Waals surface area contributed by atoms with E-state index in [1.807, 2.05) is 24.3 Å². The predicted octanol–water partition coefficient (Wildman–Crippen LogP) is 2.76. The number of likely N-dealkylation sites (tertiary alicyclic amines) is 1. The van der Waals surface area contributed by atoms with Crippen molar-refractivity contribution in [1.82, 2.24) is 15.2 Å². The van der Waals surface area contributed by atoms with Gasteiger partial charge in [0.15, 0.2) is 0 Å². The number of nitrogens with zero attached hydrogens (tertiary/aromatic N) is 2. The van der Waals surface area contributed by atoms with E-state index in [9.17, 15) is 4.79 Å². The van der Waals surface area contributed by atoms with Crippen molar-refractivity contribution >= 4 is 5.91 Å². The molecule has 3 rings (SSSR count). The lowest BCUT2D eigenvalue weighted by Crippen LogP contribution is -2.42. The Bertz CT molecular complexity index is 612. The number of aromatic nitrogens is 1. The zero-order chi connectivity index (χ0) is 16.1. The molecule has 2 aromatic heterocycles. The van der Waals surface area contributed by atoms with Crippen LogP contribution in [0.5, 0.6) is 0 Å². The minimum atomic E-state index is 0.0416. The van der Waals surface area contributed by atoms with E-state index >= 15 is 0 Å². The Labute approximate surface area is 136 Å². The summed E-state index contributed by atoms with van der Waals surface area (Å²) in [6.45, 7) is 4.10. The van der Waals surface area contributed by atoms with Crippen LogP contribution in [-0.2, 0) is 11.3 Å². The van der Waals surface area contributed by atoms with Crippen LogP contribution in [0.3, 0.4) is 0 Å². The molecule has 0 aromatic carbocycles. The highest BCUT2D eigenvalue weighted by atomic mass is 16.3. The Balaban J connectivity index is 1.57. The molecule has 0 saturated carbocycles. The van der Waals surface area contributed by atoms with Gasteiger partial charge in [0.1, 0.15) is 5.76 Å². The lowest BCUT2D eigenvalue weighted by Gasteiger charge is -2.36. The summed E-state index contributed by atoms with van der Waals surface area (Å²) in [6, 6.07) is 7.94. The maximum absolute atomic E-state index is 12.3. The Morgan fingerprint density at radius 3 is 3.09 bits per heavy atom. The number of hydrogen-bond acceptors (Lipinski definition) is 4. The average Bonchev–Trinajstić information content (AvgIpc) is 3.10. The van der Waals surface area contributed by atoms with Crippen molar-refractivity contribution in [3.05, 3.63) is 54.2 Å². The summed E-state index contributed by atoms with van der Waals surface area (Å²) in [5.41, 5.74) is 1.01. The first kappa shape index (κ1) is 15.7. The third-order valence-corrected chi connectivity index (χ3v) is 4.41. The second kappa shape index (κ2) is 7.42. The molecule has 2 atom stereocenters. The summed E-state index contributed by atoms with van der Waals surface area (Å²) in [4.78, 5) is 18.6. The van der Waals surface area contributed by atoms with Crippen LogP contribution < -0.4 is 5.32 Å². The lowest BCUT2D eigenvalue weighted by atomic mass is 9.91. The smallest absolute Gasteiger partial charge is 0.234 e. The predicted molar refractivity (Wildman–Crippen MR) is 87.5 cm³/mol. The van der Waals surface area contributed by atoms with Crippen molar-refractivity contribution in [3.8, 4) is 0 Å². The van der Waals surface area contributed by atoms with E-state index in [0.29, 0.717) is 19.0 Å². The molecule has 122 valence electrons. The number of carbonyl (C=O) groups is 1. The van der Waals surface area contributed by atoms with Crippen molar-refractivity contribution < 1.29 is 9.21 Å². The van der Waals surface area contributed by atoms with Gasteiger partial charge in [-0.2, -0.15) is 0 Å². The van der Waals surface area contributed by atoms with Gasteiger partial charge in [0.2, 0.25) is 5.91 Å². The summed E-state index contributed by atoms with van der Waals surface area (Å²) >= 11 is 0. The van der Waals surface area contributed by atoms with Crippen LogP contribution in [0.1, 0.15) is 37.1 Å². The monoisotopic (exact) mass is 313 g/mol. The largest absolute Gasteiger partial charge is 0.468 e. The standard InChI is InChI=1S/C18H23N3O2/c1-14-6-8-21(16(10-14)17-5-3-9-23-17)13-18(22)20-12-15-4-2-7-19-11-15/h2-5,7,9,11,14,16H,6,8,10,12-13H2,1H3,(H,20,22)/t14-,16-/m0/s1. The Morgan fingerprint density at radius 2 is 2.35 bits per heavy atom. The minimum Gasteiger partial charge on any atom is -0.468 e. The highest BCUT2D eigenvalue weighted by Gasteiger charge is 2.30. The third kappa shape index (κ3) is 4.20. The first-order chi connectivity index (χ1) is 11.2. The number of amides is 1. The molecule has 1 aliphatic heterocycles. The normalized spacial score (nSPS) is 22.0. The molecule has 0 unspecified atom stereocenters. The maximum atomic E-state index is 12.3. The number of pyridine rings is 1. The number of nitrogens with one attached hydrogen (secondary N) is 1. The fraction of sp³-hybridized carbons (Fsp3) is 0.444. The van der Waals surface area contributed by atoms with Gasteiger partial charge in [-0.15, -0.1) is 0 Å². The van der Waals surface area contributed by atoms with E-state index in [0.717, 1.165) is 30.7 Å². The molecule has 3 heterocycles. The van der Waals surface area contributed by atoms with Gasteiger partial charge in [0, 0.05) is 18.9 Å². The molecule has 0 spiro atoms. The van der Waals surface area contributed by atoms with Gasteiger partial charge in [0.25, 0.3) is 0 Å². The molecule has 1 amide bonds. The number of piperidine rings is 1. The van der Waals surface area contributed by atoms with Crippen molar-refractivity contribution in [2.45, 2.75) is 32.4 Å². The van der Waals surface area contributed by atoms with Gasteiger partial charge < -0.3 is 9.73 Å². The van der Waals surface area contributed by atoms with Gasteiger partial charge in [-0.25, -0.2) is 0 Å². The van der Waals surface area contributed by atoms with E-state index < -0.39 is 0 Å². The number of hydrogen-bond donors (Lipinski definition) is 1. The quantitative estimate of drug-likeness (QED) is 0.922. The molecule has 0 radical (unpaired) electrons. The van der Waals surface area contributed by atoms with Crippen LogP contribution in [0.15, 0.2) is 47.3 Å². The van der Waals surface area contributed by atoms with Crippen molar-refractivity contribution in [2.24, 2.45) is 5.92 Å². The van der Waals surface area contributed by atoms with Crippen molar-refractivity contribution in [2.75, 3.05) is 13.1 Å². The van der Waals surface area contributed by atoms with E-state index in [-0.39, 0.29) is 11.9 Å². The summed E-state index contributed by atoms with van der Waals surface area (Å²) in [5, 5.41) is 2.97. The SMILES string of the molecule is C[C@H]1CCN(CC(=O)NCc2cccnc2)[C@H](c2ccco2)C1. The van der Waals surface area contributed by atoms with Gasteiger partial charge in [-0.05, 0) is 49.1 Å². The van der Waals surface area contributed by atoms with E-state index in [4.69, 9.17) is 4.42 Å². The zero-order valence-corrected chi connectivity index (χ0v) is 13.4. The van der Waals surface area contributed by atoms with Gasteiger partial charge in [0.05, 0.1) is 18.8 Å². The summed E-state index contributed by atoms with van der Waals surface area (Å²) in [6.07, 6.45) is 7.36. The van der Waals surface area contributed by atoms with Gasteiger partial charge in [-0.1, -0.05) is 13.0 Å². The van der Waals surface area contributed by atoms with Gasteiger partial charge in [-0.3, -0.25) is 14.7 Å². The molecular weight excluding hydrogens is 290 g/mol. The molecular formula is C18H23N3O2. The van der Waals surface area contributed by atoms with Crippen LogP contribution in [0, 0.1) is 5.92 Å². The zero-order valence-electron chi connectivity index (χ0n) is 13.4. The highest BCUT2D eigenvalue weighted by Crippen LogP contribution is 2.33. The highest BCUT2D eigenvalue weighted by molar-refractivity contribution is 5.78. The van der Waals surface area contributed by atoms with Crippen LogP contribution in [0.2, 0.25) is 0 Å². The third-order valence-electron chi connectivity index (χ3n) is 4.41. The molecule has 0 bridgehead atoms. The number of rotatable bonds is 5. The fourth-order valence-electron chi connectivity index (χ4n) is 3.10.